The minimum Gasteiger partial charge on any atom is -0.382 e. The van der Waals surface area contributed by atoms with Crippen LogP contribution in [0.5, 0.6) is 0 Å². The lowest BCUT2D eigenvalue weighted by Gasteiger charge is -2.27. The first-order valence-corrected chi connectivity index (χ1v) is 8.01. The number of anilines is 1. The fourth-order valence-electron chi connectivity index (χ4n) is 2.84. The molecule has 0 amide bonds. The summed E-state index contributed by atoms with van der Waals surface area (Å²) >= 11 is 3.37. The van der Waals surface area contributed by atoms with Crippen LogP contribution in [-0.2, 0) is 6.54 Å². The van der Waals surface area contributed by atoms with Gasteiger partial charge < -0.3 is 5.32 Å². The fraction of sp³-hybridized carbons (Fsp3) is 0.600. The summed E-state index contributed by atoms with van der Waals surface area (Å²) < 4.78 is 1.95. The first kappa shape index (κ1) is 15.3. The second kappa shape index (κ2) is 7.07. The van der Waals surface area contributed by atoms with Gasteiger partial charge in [0.25, 0.3) is 5.56 Å². The van der Waals surface area contributed by atoms with E-state index < -0.39 is 0 Å². The minimum atomic E-state index is -0.119. The van der Waals surface area contributed by atoms with Crippen molar-refractivity contribution >= 4 is 21.6 Å². The summed E-state index contributed by atoms with van der Waals surface area (Å²) in [7, 11) is 0. The summed E-state index contributed by atoms with van der Waals surface area (Å²) in [5.74, 6) is 1.51. The lowest BCUT2D eigenvalue weighted by atomic mass is 9.82. The van der Waals surface area contributed by atoms with Crippen molar-refractivity contribution in [3.8, 4) is 0 Å². The highest BCUT2D eigenvalue weighted by Gasteiger charge is 2.19. The smallest absolute Gasteiger partial charge is 0.283 e. The normalized spacial score (nSPS) is 22.5. The largest absolute Gasteiger partial charge is 0.382 e. The van der Waals surface area contributed by atoms with E-state index in [0.717, 1.165) is 18.2 Å². The fourth-order valence-corrected chi connectivity index (χ4v) is 3.29. The van der Waals surface area contributed by atoms with E-state index in [4.69, 9.17) is 0 Å². The van der Waals surface area contributed by atoms with Gasteiger partial charge in [0.05, 0.1) is 18.4 Å². The number of nitrogens with one attached hydrogen (secondary N) is 1. The summed E-state index contributed by atoms with van der Waals surface area (Å²) in [6.07, 6.45) is 8.58. The Balaban J connectivity index is 2.01. The van der Waals surface area contributed by atoms with Crippen LogP contribution in [-0.4, -0.2) is 16.3 Å². The molecule has 1 aliphatic rings. The Morgan fingerprint density at radius 3 is 3.10 bits per heavy atom. The third kappa shape index (κ3) is 3.72. The van der Waals surface area contributed by atoms with Gasteiger partial charge in [-0.05, 0) is 40.6 Å². The Morgan fingerprint density at radius 2 is 2.40 bits per heavy atom. The average Bonchev–Trinajstić information content (AvgIpc) is 2.43. The van der Waals surface area contributed by atoms with Gasteiger partial charge in [0.1, 0.15) is 4.47 Å². The van der Waals surface area contributed by atoms with Crippen LogP contribution >= 0.6 is 15.9 Å². The molecular weight excluding hydrogens is 318 g/mol. The van der Waals surface area contributed by atoms with Crippen LogP contribution in [0.2, 0.25) is 0 Å². The molecule has 2 rings (SSSR count). The van der Waals surface area contributed by atoms with Crippen LogP contribution in [0.15, 0.2) is 28.1 Å². The standard InChI is InChI=1S/C15H22BrN3O/c1-3-7-19-15(20)14(16)13(10-18-19)17-9-12-6-4-5-11(2)8-12/h3,10-12,17H,1,4-9H2,2H3. The van der Waals surface area contributed by atoms with Crippen molar-refractivity contribution in [2.75, 3.05) is 11.9 Å². The first-order valence-electron chi connectivity index (χ1n) is 7.22. The molecule has 0 saturated heterocycles. The maximum Gasteiger partial charge on any atom is 0.283 e. The van der Waals surface area contributed by atoms with Crippen LogP contribution in [0.1, 0.15) is 32.6 Å². The molecule has 1 aromatic heterocycles. The van der Waals surface area contributed by atoms with Crippen molar-refractivity contribution < 1.29 is 0 Å². The van der Waals surface area contributed by atoms with Gasteiger partial charge in [0.15, 0.2) is 0 Å². The first-order chi connectivity index (χ1) is 9.61. The molecule has 1 aromatic rings. The molecule has 5 heteroatoms. The van der Waals surface area contributed by atoms with Gasteiger partial charge in [-0.1, -0.05) is 25.8 Å². The lowest BCUT2D eigenvalue weighted by molar-refractivity contribution is 0.293. The van der Waals surface area contributed by atoms with E-state index in [1.807, 2.05) is 0 Å². The molecule has 0 aromatic carbocycles. The molecule has 20 heavy (non-hydrogen) atoms. The zero-order chi connectivity index (χ0) is 14.5. The zero-order valence-electron chi connectivity index (χ0n) is 11.9. The monoisotopic (exact) mass is 339 g/mol. The topological polar surface area (TPSA) is 46.9 Å². The maximum absolute atomic E-state index is 12.0. The highest BCUT2D eigenvalue weighted by atomic mass is 79.9. The Bertz CT molecular complexity index is 526. The number of halogens is 1. The summed E-state index contributed by atoms with van der Waals surface area (Å²) in [6, 6.07) is 0. The molecule has 0 aliphatic heterocycles. The van der Waals surface area contributed by atoms with Crippen LogP contribution in [0.4, 0.5) is 5.69 Å². The summed E-state index contributed by atoms with van der Waals surface area (Å²) in [6.45, 7) is 7.28. The number of aromatic nitrogens is 2. The second-order valence-corrected chi connectivity index (χ2v) is 6.46. The van der Waals surface area contributed by atoms with E-state index in [2.05, 4.69) is 39.8 Å². The molecule has 0 spiro atoms. The van der Waals surface area contributed by atoms with Crippen molar-refractivity contribution in [3.05, 3.63) is 33.7 Å². The summed E-state index contributed by atoms with van der Waals surface area (Å²) in [5.41, 5.74) is 0.667. The van der Waals surface area contributed by atoms with Crippen molar-refractivity contribution in [1.82, 2.24) is 9.78 Å². The molecule has 0 bridgehead atoms. The predicted octanol–water partition coefficient (Wildman–Crippen LogP) is 3.43. The van der Waals surface area contributed by atoms with E-state index in [1.54, 1.807) is 12.3 Å². The number of nitrogens with zero attached hydrogens (tertiary/aromatic N) is 2. The maximum atomic E-state index is 12.0. The molecule has 1 saturated carbocycles. The van der Waals surface area contributed by atoms with Crippen molar-refractivity contribution in [3.63, 3.8) is 0 Å². The van der Waals surface area contributed by atoms with E-state index in [1.165, 1.54) is 30.4 Å². The van der Waals surface area contributed by atoms with Gasteiger partial charge in [-0.2, -0.15) is 5.10 Å². The number of hydrogen-bond donors (Lipinski definition) is 1. The van der Waals surface area contributed by atoms with Gasteiger partial charge in [0.2, 0.25) is 0 Å². The van der Waals surface area contributed by atoms with Crippen molar-refractivity contribution in [1.29, 1.82) is 0 Å². The summed E-state index contributed by atoms with van der Waals surface area (Å²) in [4.78, 5) is 12.0. The zero-order valence-corrected chi connectivity index (χ0v) is 13.5. The van der Waals surface area contributed by atoms with Crippen LogP contribution < -0.4 is 10.9 Å². The molecule has 1 aliphatic carbocycles. The Morgan fingerprint density at radius 1 is 1.60 bits per heavy atom. The molecule has 0 radical (unpaired) electrons. The van der Waals surface area contributed by atoms with Gasteiger partial charge in [0, 0.05) is 6.54 Å². The lowest BCUT2D eigenvalue weighted by Crippen LogP contribution is -2.26. The highest BCUT2D eigenvalue weighted by molar-refractivity contribution is 9.10. The molecule has 1 heterocycles. The molecule has 110 valence electrons. The molecule has 1 fully saturated rings. The predicted molar refractivity (Wildman–Crippen MR) is 86.0 cm³/mol. The summed E-state index contributed by atoms with van der Waals surface area (Å²) in [5, 5.41) is 7.51. The van der Waals surface area contributed by atoms with Gasteiger partial charge >= 0.3 is 0 Å². The highest BCUT2D eigenvalue weighted by Crippen LogP contribution is 2.29. The van der Waals surface area contributed by atoms with E-state index in [9.17, 15) is 4.79 Å². The quantitative estimate of drug-likeness (QED) is 0.836. The Labute approximate surface area is 128 Å². The number of rotatable bonds is 5. The van der Waals surface area contributed by atoms with E-state index in [0.29, 0.717) is 16.9 Å². The second-order valence-electron chi connectivity index (χ2n) is 5.67. The number of hydrogen-bond acceptors (Lipinski definition) is 3. The van der Waals surface area contributed by atoms with Gasteiger partial charge in [-0.15, -0.1) is 6.58 Å². The van der Waals surface area contributed by atoms with Crippen LogP contribution in [0.3, 0.4) is 0 Å². The molecule has 4 nitrogen and oxygen atoms in total. The number of allylic oxidation sites excluding steroid dienone is 1. The Kier molecular flexibility index (Phi) is 5.40. The SMILES string of the molecule is C=CCn1ncc(NCC2CCCC(C)C2)c(Br)c1=O. The van der Waals surface area contributed by atoms with E-state index >= 15 is 0 Å². The van der Waals surface area contributed by atoms with Gasteiger partial charge in [-0.25, -0.2) is 4.68 Å². The van der Waals surface area contributed by atoms with Crippen molar-refractivity contribution in [2.45, 2.75) is 39.2 Å². The minimum absolute atomic E-state index is 0.119. The Hall–Kier alpha value is -1.10. The van der Waals surface area contributed by atoms with Gasteiger partial charge in [-0.3, -0.25) is 4.79 Å². The van der Waals surface area contributed by atoms with Crippen LogP contribution in [0.25, 0.3) is 0 Å². The molecule has 1 N–H and O–H groups in total. The molecule has 2 unspecified atom stereocenters. The van der Waals surface area contributed by atoms with Crippen LogP contribution in [0, 0.1) is 11.8 Å². The third-order valence-electron chi connectivity index (χ3n) is 3.91. The average molecular weight is 340 g/mol. The third-order valence-corrected chi connectivity index (χ3v) is 4.68. The molecular formula is C15H22BrN3O. The van der Waals surface area contributed by atoms with E-state index in [-0.39, 0.29) is 5.56 Å². The van der Waals surface area contributed by atoms with Crippen molar-refractivity contribution in [2.24, 2.45) is 11.8 Å². The molecule has 2 atom stereocenters.